The van der Waals surface area contributed by atoms with Crippen molar-refractivity contribution in [3.05, 3.63) is 35.5 Å². The van der Waals surface area contributed by atoms with E-state index in [1.165, 1.54) is 22.2 Å². The molecule has 0 saturated heterocycles. The zero-order chi connectivity index (χ0) is 20.8. The molecule has 2 aromatic rings. The molecule has 0 atom stereocenters. The van der Waals surface area contributed by atoms with Crippen LogP contribution in [-0.2, 0) is 29.1 Å². The van der Waals surface area contributed by atoms with Crippen LogP contribution in [-0.4, -0.2) is 33.0 Å². The van der Waals surface area contributed by atoms with E-state index in [9.17, 15) is 9.59 Å². The van der Waals surface area contributed by atoms with Crippen molar-refractivity contribution in [2.45, 2.75) is 71.9 Å². The number of amides is 2. The summed E-state index contributed by atoms with van der Waals surface area (Å²) < 4.78 is 2.42. The Labute approximate surface area is 172 Å². The number of hydrogen-bond acceptors (Lipinski definition) is 3. The number of hydroxylamine groups is 1. The van der Waals surface area contributed by atoms with E-state index in [4.69, 9.17) is 5.21 Å². The Bertz CT molecular complexity index is 856. The van der Waals surface area contributed by atoms with Crippen LogP contribution in [0.1, 0.15) is 63.6 Å². The second-order valence-corrected chi connectivity index (χ2v) is 8.46. The number of hydrogen-bond donors (Lipinski definition) is 2. The average molecular weight is 400 g/mol. The number of nitrogens with one attached hydrogen (secondary N) is 1. The molecule has 1 aromatic heterocycles. The quantitative estimate of drug-likeness (QED) is 0.380. The topological polar surface area (TPSA) is 74.6 Å². The molecule has 0 fully saturated rings. The molecular formula is C23H33N3O3. The molecule has 29 heavy (non-hydrogen) atoms. The van der Waals surface area contributed by atoms with Crippen molar-refractivity contribution >= 4 is 22.7 Å². The average Bonchev–Trinajstić information content (AvgIpc) is 3.03. The summed E-state index contributed by atoms with van der Waals surface area (Å²) in [6.07, 6.45) is 5.22. The van der Waals surface area contributed by atoms with E-state index in [0.717, 1.165) is 45.2 Å². The van der Waals surface area contributed by atoms with Crippen LogP contribution in [0.5, 0.6) is 0 Å². The third-order valence-corrected chi connectivity index (χ3v) is 5.74. The minimum absolute atomic E-state index is 0.227. The summed E-state index contributed by atoms with van der Waals surface area (Å²) in [6.45, 7) is 6.93. The third-order valence-electron chi connectivity index (χ3n) is 5.74. The second-order valence-electron chi connectivity index (χ2n) is 8.46. The predicted molar refractivity (Wildman–Crippen MR) is 114 cm³/mol. The lowest BCUT2D eigenvalue weighted by Crippen LogP contribution is -2.36. The highest BCUT2D eigenvalue weighted by Crippen LogP contribution is 2.31. The van der Waals surface area contributed by atoms with E-state index in [0.29, 0.717) is 25.3 Å². The van der Waals surface area contributed by atoms with Gasteiger partial charge in [0.25, 0.3) is 0 Å². The van der Waals surface area contributed by atoms with Crippen LogP contribution in [0.15, 0.2) is 24.3 Å². The number of rotatable bonds is 9. The van der Waals surface area contributed by atoms with Crippen molar-refractivity contribution in [2.24, 2.45) is 5.92 Å². The fourth-order valence-electron chi connectivity index (χ4n) is 4.31. The lowest BCUT2D eigenvalue weighted by Gasteiger charge is -2.29. The zero-order valence-corrected chi connectivity index (χ0v) is 17.6. The van der Waals surface area contributed by atoms with Crippen molar-refractivity contribution in [2.75, 3.05) is 6.54 Å². The summed E-state index contributed by atoms with van der Waals surface area (Å²) >= 11 is 0. The molecule has 0 radical (unpaired) electrons. The number of carbonyl (C=O) groups excluding carboxylic acids is 2. The number of nitrogens with zero attached hydrogens (tertiary/aromatic N) is 2. The van der Waals surface area contributed by atoms with E-state index >= 15 is 0 Å². The summed E-state index contributed by atoms with van der Waals surface area (Å²) in [6, 6.07) is 8.60. The summed E-state index contributed by atoms with van der Waals surface area (Å²) in [5.74, 6) is 0.431. The van der Waals surface area contributed by atoms with Gasteiger partial charge in [0.1, 0.15) is 0 Å². The Kier molecular flexibility index (Phi) is 7.31. The van der Waals surface area contributed by atoms with Gasteiger partial charge in [-0.25, -0.2) is 5.48 Å². The number of aromatic nitrogens is 1. The second kappa shape index (κ2) is 9.92. The van der Waals surface area contributed by atoms with Crippen LogP contribution in [0.2, 0.25) is 0 Å². The van der Waals surface area contributed by atoms with Gasteiger partial charge in [0.05, 0.1) is 6.54 Å². The molecule has 6 nitrogen and oxygen atoms in total. The van der Waals surface area contributed by atoms with Gasteiger partial charge in [0, 0.05) is 42.5 Å². The monoisotopic (exact) mass is 399 g/mol. The number of unbranched alkanes of at least 4 members (excludes halogenated alkanes) is 3. The maximum Gasteiger partial charge on any atom is 0.243 e. The molecule has 2 N–H and O–H groups in total. The molecule has 1 aliphatic heterocycles. The van der Waals surface area contributed by atoms with E-state index in [-0.39, 0.29) is 11.8 Å². The maximum atomic E-state index is 12.8. The molecule has 0 aliphatic carbocycles. The first-order valence-electron chi connectivity index (χ1n) is 10.8. The smallest absolute Gasteiger partial charge is 0.243 e. The largest absolute Gasteiger partial charge is 0.342 e. The maximum absolute atomic E-state index is 12.8. The molecule has 6 heteroatoms. The van der Waals surface area contributed by atoms with E-state index in [1.807, 2.05) is 4.90 Å². The fraction of sp³-hybridized carbons (Fsp3) is 0.565. The normalized spacial score (nSPS) is 13.7. The molecule has 0 unspecified atom stereocenters. The first-order valence-corrected chi connectivity index (χ1v) is 10.8. The number of benzene rings is 1. The summed E-state index contributed by atoms with van der Waals surface area (Å²) in [5.41, 5.74) is 5.64. The Hall–Kier alpha value is -2.34. The molecule has 3 rings (SSSR count). The number of carbonyl (C=O) groups is 2. The van der Waals surface area contributed by atoms with Gasteiger partial charge in [0.2, 0.25) is 11.8 Å². The Balaban J connectivity index is 1.59. The van der Waals surface area contributed by atoms with Gasteiger partial charge < -0.3 is 9.47 Å². The first-order chi connectivity index (χ1) is 14.0. The van der Waals surface area contributed by atoms with Crippen molar-refractivity contribution in [3.63, 3.8) is 0 Å². The molecule has 2 heterocycles. The van der Waals surface area contributed by atoms with Gasteiger partial charge in [-0.3, -0.25) is 14.8 Å². The Morgan fingerprint density at radius 1 is 1.10 bits per heavy atom. The van der Waals surface area contributed by atoms with Gasteiger partial charge in [-0.05, 0) is 36.8 Å². The van der Waals surface area contributed by atoms with E-state index in [2.05, 4.69) is 42.7 Å². The predicted octanol–water partition coefficient (Wildman–Crippen LogP) is 4.03. The lowest BCUT2D eigenvalue weighted by atomic mass is 10.0. The highest BCUT2D eigenvalue weighted by molar-refractivity contribution is 5.86. The molecule has 1 aliphatic rings. The molecule has 2 amide bonds. The van der Waals surface area contributed by atoms with E-state index in [1.54, 1.807) is 5.48 Å². The van der Waals surface area contributed by atoms with Crippen molar-refractivity contribution < 1.29 is 14.8 Å². The highest BCUT2D eigenvalue weighted by atomic mass is 16.5. The Morgan fingerprint density at radius 3 is 2.55 bits per heavy atom. The SMILES string of the molecule is CC(C)Cn1c2c(c3ccccc31)CCN(C(=O)CCCCCCC(=O)NO)C2. The summed E-state index contributed by atoms with van der Waals surface area (Å²) in [4.78, 5) is 25.8. The minimum atomic E-state index is -0.345. The van der Waals surface area contributed by atoms with Crippen LogP contribution in [0, 0.1) is 5.92 Å². The lowest BCUT2D eigenvalue weighted by molar-refractivity contribution is -0.132. The third kappa shape index (κ3) is 5.18. The van der Waals surface area contributed by atoms with Gasteiger partial charge in [-0.2, -0.15) is 0 Å². The molecular weight excluding hydrogens is 366 g/mol. The highest BCUT2D eigenvalue weighted by Gasteiger charge is 2.26. The van der Waals surface area contributed by atoms with Crippen LogP contribution >= 0.6 is 0 Å². The summed E-state index contributed by atoms with van der Waals surface area (Å²) in [7, 11) is 0. The molecule has 0 saturated carbocycles. The van der Waals surface area contributed by atoms with Crippen LogP contribution in [0.4, 0.5) is 0 Å². The zero-order valence-electron chi connectivity index (χ0n) is 17.6. The standard InChI is InChI=1S/C23H33N3O3/c1-17(2)15-26-20-10-8-7-9-18(20)19-13-14-25(16-21(19)26)23(28)12-6-4-3-5-11-22(27)24-29/h7-10,17,29H,3-6,11-16H2,1-2H3,(H,24,27). The summed E-state index contributed by atoms with van der Waals surface area (Å²) in [5, 5.41) is 9.82. The molecule has 158 valence electrons. The van der Waals surface area contributed by atoms with Gasteiger partial charge in [0.15, 0.2) is 0 Å². The molecule has 0 bridgehead atoms. The van der Waals surface area contributed by atoms with E-state index < -0.39 is 0 Å². The first kappa shape index (κ1) is 21.4. The van der Waals surface area contributed by atoms with Crippen LogP contribution < -0.4 is 5.48 Å². The number of para-hydroxylation sites is 1. The minimum Gasteiger partial charge on any atom is -0.342 e. The molecule has 0 spiro atoms. The van der Waals surface area contributed by atoms with Crippen LogP contribution in [0.25, 0.3) is 10.9 Å². The van der Waals surface area contributed by atoms with Crippen molar-refractivity contribution in [1.82, 2.24) is 14.9 Å². The van der Waals surface area contributed by atoms with Crippen molar-refractivity contribution in [1.29, 1.82) is 0 Å². The van der Waals surface area contributed by atoms with Gasteiger partial charge in [-0.15, -0.1) is 0 Å². The number of fused-ring (bicyclic) bond motifs is 3. The van der Waals surface area contributed by atoms with Crippen LogP contribution in [0.3, 0.4) is 0 Å². The fourth-order valence-corrected chi connectivity index (χ4v) is 4.31. The van der Waals surface area contributed by atoms with Gasteiger partial charge in [-0.1, -0.05) is 44.9 Å². The van der Waals surface area contributed by atoms with Crippen molar-refractivity contribution in [3.8, 4) is 0 Å². The van der Waals surface area contributed by atoms with Gasteiger partial charge >= 0.3 is 0 Å². The molecule has 1 aromatic carbocycles. The Morgan fingerprint density at radius 2 is 1.83 bits per heavy atom.